The van der Waals surface area contributed by atoms with Crippen LogP contribution in [0.3, 0.4) is 0 Å². The van der Waals surface area contributed by atoms with Crippen molar-refractivity contribution in [2.24, 2.45) is 0 Å². The van der Waals surface area contributed by atoms with Gasteiger partial charge < -0.3 is 9.42 Å². The van der Waals surface area contributed by atoms with Gasteiger partial charge in [0, 0.05) is 12.7 Å². The average Bonchev–Trinajstić information content (AvgIpc) is 2.19. The summed E-state index contributed by atoms with van der Waals surface area (Å²) in [6.45, 7) is 0. The molecule has 0 fully saturated rings. The van der Waals surface area contributed by atoms with E-state index >= 15 is 0 Å². The van der Waals surface area contributed by atoms with Crippen LogP contribution in [0, 0.1) is 0 Å². The Morgan fingerprint density at radius 1 is 1.40 bits per heavy atom. The van der Waals surface area contributed by atoms with Crippen LogP contribution >= 0.6 is 7.60 Å². The molecule has 1 N–H and O–H groups in total. The molecule has 0 saturated carbocycles. The summed E-state index contributed by atoms with van der Waals surface area (Å²) in [5, 5.41) is 0. The number of Topliss-reactive ketones (excluding diaryl/α,β-unsaturated/α-hetero) is 1. The van der Waals surface area contributed by atoms with E-state index in [1.54, 1.807) is 30.3 Å². The van der Waals surface area contributed by atoms with E-state index in [-0.39, 0.29) is 29.6 Å². The van der Waals surface area contributed by atoms with Gasteiger partial charge in [-0.3, -0.25) is 9.36 Å². The zero-order valence-corrected chi connectivity index (χ0v) is 8.61. The number of ketones is 1. The maximum absolute atomic E-state index is 11.4. The van der Waals surface area contributed by atoms with Crippen molar-refractivity contribution in [3.8, 4) is 0 Å². The molecule has 1 unspecified atom stereocenters. The van der Waals surface area contributed by atoms with Crippen LogP contribution in [0.1, 0.15) is 10.4 Å². The number of hydrogen-bond donors (Lipinski definition) is 1. The van der Waals surface area contributed by atoms with Crippen molar-refractivity contribution in [2.45, 2.75) is 0 Å². The number of rotatable bonds is 4. The van der Waals surface area contributed by atoms with Crippen LogP contribution in [0.4, 0.5) is 0 Å². The number of carbonyl (C=O) groups is 1. The van der Waals surface area contributed by atoms with E-state index in [1.807, 2.05) is 0 Å². The third-order valence-electron chi connectivity index (χ3n) is 1.72. The Hall–Kier alpha value is 0.0400. The summed E-state index contributed by atoms with van der Waals surface area (Å²) < 4.78 is 15.4. The predicted molar refractivity (Wildman–Crippen MR) is 59.6 cm³/mol. The summed E-state index contributed by atoms with van der Waals surface area (Å²) in [6, 6.07) is 8.35. The standard InChI is InChI=1S/C9H11O4P.Na.H/c1-13-14(11,12)7-9(10)8-5-3-2-4-6-8;;/h2-6H,7H2,1H3,(H,11,12);;. The van der Waals surface area contributed by atoms with Crippen molar-refractivity contribution in [3.05, 3.63) is 35.9 Å². The van der Waals surface area contributed by atoms with Crippen molar-refractivity contribution in [2.75, 3.05) is 13.3 Å². The molecule has 0 saturated heterocycles. The molecule has 1 atom stereocenters. The molecule has 0 bridgehead atoms. The molecule has 78 valence electrons. The molecule has 0 radical (unpaired) electrons. The van der Waals surface area contributed by atoms with Crippen LogP contribution in [0.2, 0.25) is 0 Å². The molecular formula is C9H12NaO4P. The Labute approximate surface area is 110 Å². The first kappa shape index (κ1) is 15.0. The van der Waals surface area contributed by atoms with Crippen molar-refractivity contribution in [3.63, 3.8) is 0 Å². The van der Waals surface area contributed by atoms with Gasteiger partial charge in [-0.25, -0.2) is 0 Å². The van der Waals surface area contributed by atoms with Crippen LogP contribution in [-0.2, 0) is 9.09 Å². The van der Waals surface area contributed by atoms with Crippen LogP contribution in [-0.4, -0.2) is 53.5 Å². The molecule has 0 aromatic heterocycles. The van der Waals surface area contributed by atoms with E-state index in [0.717, 1.165) is 7.11 Å². The van der Waals surface area contributed by atoms with Crippen molar-refractivity contribution in [1.82, 2.24) is 0 Å². The third kappa shape index (κ3) is 5.07. The van der Waals surface area contributed by atoms with Gasteiger partial charge in [0.1, 0.15) is 6.16 Å². The second-order valence-corrected chi connectivity index (χ2v) is 4.72. The minimum absolute atomic E-state index is 0. The summed E-state index contributed by atoms with van der Waals surface area (Å²) >= 11 is 0. The van der Waals surface area contributed by atoms with Crippen molar-refractivity contribution in [1.29, 1.82) is 0 Å². The Kier molecular flexibility index (Phi) is 6.60. The van der Waals surface area contributed by atoms with Crippen LogP contribution in [0.15, 0.2) is 30.3 Å². The number of benzene rings is 1. The first-order chi connectivity index (χ1) is 6.55. The van der Waals surface area contributed by atoms with Gasteiger partial charge in [0.15, 0.2) is 5.78 Å². The molecule has 6 heteroatoms. The van der Waals surface area contributed by atoms with Crippen LogP contribution in [0.25, 0.3) is 0 Å². The number of hydrogen-bond acceptors (Lipinski definition) is 3. The fraction of sp³-hybridized carbons (Fsp3) is 0.222. The molecule has 0 amide bonds. The van der Waals surface area contributed by atoms with E-state index in [1.165, 1.54) is 0 Å². The van der Waals surface area contributed by atoms with Gasteiger partial charge in [0.05, 0.1) is 0 Å². The second-order valence-electron chi connectivity index (χ2n) is 2.77. The Morgan fingerprint density at radius 3 is 2.40 bits per heavy atom. The fourth-order valence-electron chi connectivity index (χ4n) is 0.961. The first-order valence-corrected chi connectivity index (χ1v) is 5.77. The molecule has 15 heavy (non-hydrogen) atoms. The molecule has 1 aromatic carbocycles. The van der Waals surface area contributed by atoms with E-state index in [2.05, 4.69) is 4.52 Å². The normalized spacial score (nSPS) is 13.7. The molecule has 0 aliphatic rings. The summed E-state index contributed by atoms with van der Waals surface area (Å²) in [5.74, 6) is -0.390. The van der Waals surface area contributed by atoms with Gasteiger partial charge in [-0.15, -0.1) is 0 Å². The SMILES string of the molecule is COP(=O)(O)CC(=O)c1ccccc1.[NaH]. The molecule has 1 aromatic rings. The average molecular weight is 238 g/mol. The van der Waals surface area contributed by atoms with Crippen molar-refractivity contribution < 1.29 is 18.8 Å². The Bertz CT molecular complexity index is 366. The Balaban J connectivity index is 0.00000196. The molecule has 0 aliphatic heterocycles. The second kappa shape index (κ2) is 6.59. The van der Waals surface area contributed by atoms with E-state index in [9.17, 15) is 9.36 Å². The summed E-state index contributed by atoms with van der Waals surface area (Å²) in [7, 11) is -2.63. The van der Waals surface area contributed by atoms with Gasteiger partial charge in [0.25, 0.3) is 0 Å². The molecule has 0 heterocycles. The van der Waals surface area contributed by atoms with E-state index < -0.39 is 19.5 Å². The zero-order chi connectivity index (χ0) is 10.6. The molecule has 4 nitrogen and oxygen atoms in total. The van der Waals surface area contributed by atoms with Gasteiger partial charge >= 0.3 is 37.2 Å². The van der Waals surface area contributed by atoms with Gasteiger partial charge in [0.2, 0.25) is 0 Å². The van der Waals surface area contributed by atoms with Crippen molar-refractivity contribution >= 4 is 42.9 Å². The van der Waals surface area contributed by atoms with E-state index in [0.29, 0.717) is 5.56 Å². The Morgan fingerprint density at radius 2 is 1.93 bits per heavy atom. The van der Waals surface area contributed by atoms with E-state index in [4.69, 9.17) is 4.89 Å². The van der Waals surface area contributed by atoms with Crippen LogP contribution < -0.4 is 0 Å². The topological polar surface area (TPSA) is 63.6 Å². The first-order valence-electron chi connectivity index (χ1n) is 4.01. The van der Waals surface area contributed by atoms with Gasteiger partial charge in [-0.1, -0.05) is 30.3 Å². The molecular weight excluding hydrogens is 226 g/mol. The summed E-state index contributed by atoms with van der Waals surface area (Å²) in [4.78, 5) is 20.5. The third-order valence-corrected chi connectivity index (χ3v) is 2.98. The fourth-order valence-corrected chi connectivity index (χ4v) is 1.64. The molecule has 0 aliphatic carbocycles. The quantitative estimate of drug-likeness (QED) is 0.484. The monoisotopic (exact) mass is 238 g/mol. The maximum atomic E-state index is 11.4. The van der Waals surface area contributed by atoms with Gasteiger partial charge in [-0.05, 0) is 0 Å². The van der Waals surface area contributed by atoms with Gasteiger partial charge in [-0.2, -0.15) is 0 Å². The summed E-state index contributed by atoms with van der Waals surface area (Å²) in [6.07, 6.45) is -0.479. The molecule has 1 rings (SSSR count). The minimum atomic E-state index is -3.74. The zero-order valence-electron chi connectivity index (χ0n) is 7.71. The molecule has 0 spiro atoms. The number of carbonyl (C=O) groups excluding carboxylic acids is 1. The van der Waals surface area contributed by atoms with Crippen LogP contribution in [0.5, 0.6) is 0 Å². The predicted octanol–water partition coefficient (Wildman–Crippen LogP) is 1.05. The summed E-state index contributed by atoms with van der Waals surface area (Å²) in [5.41, 5.74) is 0.416.